The van der Waals surface area contributed by atoms with Gasteiger partial charge < -0.3 is 15.0 Å². The lowest BCUT2D eigenvalue weighted by molar-refractivity contribution is 0.0679. The molecule has 8 heteroatoms. The Kier molecular flexibility index (Phi) is 10.8. The highest BCUT2D eigenvalue weighted by molar-refractivity contribution is 5.95. The maximum atomic E-state index is 12.9. The summed E-state index contributed by atoms with van der Waals surface area (Å²) in [5.74, 6) is 1.13. The van der Waals surface area contributed by atoms with Crippen molar-refractivity contribution in [1.29, 1.82) is 0 Å². The van der Waals surface area contributed by atoms with E-state index < -0.39 is 0 Å². The van der Waals surface area contributed by atoms with Gasteiger partial charge in [-0.3, -0.25) is 9.78 Å². The van der Waals surface area contributed by atoms with E-state index in [2.05, 4.69) is 22.2 Å². The van der Waals surface area contributed by atoms with Crippen LogP contribution in [0.15, 0.2) is 42.9 Å². The second-order valence-electron chi connectivity index (χ2n) is 6.54. The number of carbonyl (C=O) groups is 1. The van der Waals surface area contributed by atoms with Gasteiger partial charge in [0.25, 0.3) is 5.91 Å². The first kappa shape index (κ1) is 24.1. The fourth-order valence-electron chi connectivity index (χ4n) is 3.15. The molecule has 0 aliphatic carbocycles. The Morgan fingerprint density at radius 2 is 1.89 bits per heavy atom. The third kappa shape index (κ3) is 6.62. The third-order valence-corrected chi connectivity index (χ3v) is 4.70. The average Bonchev–Trinajstić information content (AvgIpc) is 2.71. The van der Waals surface area contributed by atoms with Gasteiger partial charge in [0.15, 0.2) is 11.4 Å². The van der Waals surface area contributed by atoms with E-state index in [4.69, 9.17) is 4.74 Å². The van der Waals surface area contributed by atoms with E-state index in [-0.39, 0.29) is 30.7 Å². The second-order valence-corrected chi connectivity index (χ2v) is 6.54. The SMILES string of the molecule is CCNCC1CCN(C(=O)c2ncccc2OCc2ccncc2)CC1.Cl.Cl. The van der Waals surface area contributed by atoms with Crippen molar-refractivity contribution < 1.29 is 9.53 Å². The molecule has 0 saturated carbocycles. The maximum Gasteiger partial charge on any atom is 0.276 e. The molecule has 0 radical (unpaired) electrons. The molecule has 3 rings (SSSR count). The molecule has 1 aliphatic rings. The Morgan fingerprint density at radius 3 is 2.57 bits per heavy atom. The Hall–Kier alpha value is -1.89. The van der Waals surface area contributed by atoms with Gasteiger partial charge in [0.2, 0.25) is 0 Å². The van der Waals surface area contributed by atoms with Crippen LogP contribution in [0.1, 0.15) is 35.8 Å². The Labute approximate surface area is 178 Å². The molecule has 1 amide bonds. The third-order valence-electron chi connectivity index (χ3n) is 4.70. The van der Waals surface area contributed by atoms with Crippen LogP contribution in [0.2, 0.25) is 0 Å². The number of amides is 1. The van der Waals surface area contributed by atoms with Crippen molar-refractivity contribution in [2.24, 2.45) is 5.92 Å². The van der Waals surface area contributed by atoms with Crippen LogP contribution < -0.4 is 10.1 Å². The van der Waals surface area contributed by atoms with Crippen molar-refractivity contribution in [3.05, 3.63) is 54.1 Å². The molecule has 6 nitrogen and oxygen atoms in total. The van der Waals surface area contributed by atoms with Crippen LogP contribution in [0, 0.1) is 5.92 Å². The highest BCUT2D eigenvalue weighted by Crippen LogP contribution is 2.22. The zero-order chi connectivity index (χ0) is 18.2. The summed E-state index contributed by atoms with van der Waals surface area (Å²) in [4.78, 5) is 23.1. The maximum absolute atomic E-state index is 12.9. The van der Waals surface area contributed by atoms with Crippen LogP contribution >= 0.6 is 24.8 Å². The van der Waals surface area contributed by atoms with Crippen molar-refractivity contribution in [2.45, 2.75) is 26.4 Å². The normalized spacial score (nSPS) is 14.0. The molecule has 2 aromatic rings. The predicted octanol–water partition coefficient (Wildman–Crippen LogP) is 3.36. The molecule has 1 fully saturated rings. The predicted molar refractivity (Wildman–Crippen MR) is 114 cm³/mol. The molecular formula is C20H28Cl2N4O2. The zero-order valence-electron chi connectivity index (χ0n) is 16.0. The molecule has 154 valence electrons. The molecule has 2 aromatic heterocycles. The Bertz CT molecular complexity index is 710. The minimum Gasteiger partial charge on any atom is -0.486 e. The molecule has 0 bridgehead atoms. The van der Waals surface area contributed by atoms with Gasteiger partial charge >= 0.3 is 0 Å². The summed E-state index contributed by atoms with van der Waals surface area (Å²) in [7, 11) is 0. The monoisotopic (exact) mass is 426 g/mol. The number of piperidine rings is 1. The van der Waals surface area contributed by atoms with E-state index in [0.717, 1.165) is 44.6 Å². The summed E-state index contributed by atoms with van der Waals surface area (Å²) >= 11 is 0. The van der Waals surface area contributed by atoms with E-state index in [1.165, 1.54) is 0 Å². The number of carbonyl (C=O) groups excluding carboxylic acids is 1. The largest absolute Gasteiger partial charge is 0.486 e. The average molecular weight is 427 g/mol. The van der Waals surface area contributed by atoms with E-state index in [1.807, 2.05) is 17.0 Å². The fraction of sp³-hybridized carbons (Fsp3) is 0.450. The van der Waals surface area contributed by atoms with Crippen LogP contribution in [0.3, 0.4) is 0 Å². The Morgan fingerprint density at radius 1 is 1.18 bits per heavy atom. The number of hydrogen-bond donors (Lipinski definition) is 1. The number of aromatic nitrogens is 2. The van der Waals surface area contributed by atoms with Crippen molar-refractivity contribution in [3.8, 4) is 5.75 Å². The zero-order valence-corrected chi connectivity index (χ0v) is 17.7. The molecule has 1 saturated heterocycles. The lowest BCUT2D eigenvalue weighted by Gasteiger charge is -2.32. The smallest absolute Gasteiger partial charge is 0.276 e. The topological polar surface area (TPSA) is 67.4 Å². The highest BCUT2D eigenvalue weighted by atomic mass is 35.5. The molecule has 0 unspecified atom stereocenters. The lowest BCUT2D eigenvalue weighted by atomic mass is 9.96. The van der Waals surface area contributed by atoms with Crippen LogP contribution in [0.25, 0.3) is 0 Å². The molecule has 3 heterocycles. The molecule has 1 N–H and O–H groups in total. The Balaban J connectivity index is 0.00000196. The summed E-state index contributed by atoms with van der Waals surface area (Å²) in [5, 5.41) is 3.39. The van der Waals surface area contributed by atoms with E-state index >= 15 is 0 Å². The summed E-state index contributed by atoms with van der Waals surface area (Å²) in [6, 6.07) is 7.39. The number of nitrogens with one attached hydrogen (secondary N) is 1. The summed E-state index contributed by atoms with van der Waals surface area (Å²) in [5.41, 5.74) is 1.40. The molecular weight excluding hydrogens is 399 g/mol. The second kappa shape index (κ2) is 12.5. The van der Waals surface area contributed by atoms with Gasteiger partial charge in [0, 0.05) is 31.7 Å². The lowest BCUT2D eigenvalue weighted by Crippen LogP contribution is -2.41. The number of pyridine rings is 2. The van der Waals surface area contributed by atoms with Gasteiger partial charge in [-0.15, -0.1) is 24.8 Å². The number of likely N-dealkylation sites (tertiary alicyclic amines) is 1. The minimum absolute atomic E-state index is 0. The molecule has 0 atom stereocenters. The number of ether oxygens (including phenoxy) is 1. The van der Waals surface area contributed by atoms with E-state index in [9.17, 15) is 4.79 Å². The van der Waals surface area contributed by atoms with Gasteiger partial charge in [-0.1, -0.05) is 6.92 Å². The molecule has 0 aromatic carbocycles. The minimum atomic E-state index is -0.0442. The fourth-order valence-corrected chi connectivity index (χ4v) is 3.15. The highest BCUT2D eigenvalue weighted by Gasteiger charge is 2.26. The van der Waals surface area contributed by atoms with Crippen LogP contribution in [-0.4, -0.2) is 47.0 Å². The van der Waals surface area contributed by atoms with Crippen molar-refractivity contribution in [1.82, 2.24) is 20.2 Å². The van der Waals surface area contributed by atoms with E-state index in [1.54, 1.807) is 30.7 Å². The van der Waals surface area contributed by atoms with E-state index in [0.29, 0.717) is 24.0 Å². The van der Waals surface area contributed by atoms with Gasteiger partial charge in [0.05, 0.1) is 0 Å². The molecule has 0 spiro atoms. The summed E-state index contributed by atoms with van der Waals surface area (Å²) in [6.45, 7) is 6.07. The quantitative estimate of drug-likeness (QED) is 0.734. The van der Waals surface area contributed by atoms with Crippen LogP contribution in [0.4, 0.5) is 0 Å². The number of halogens is 2. The van der Waals surface area contributed by atoms with Gasteiger partial charge in [-0.2, -0.15) is 0 Å². The number of nitrogens with zero attached hydrogens (tertiary/aromatic N) is 3. The van der Waals surface area contributed by atoms with Gasteiger partial charge in [-0.25, -0.2) is 4.98 Å². The van der Waals surface area contributed by atoms with Crippen LogP contribution in [0.5, 0.6) is 5.75 Å². The summed E-state index contributed by atoms with van der Waals surface area (Å²) in [6.07, 6.45) is 7.15. The first-order valence-electron chi connectivity index (χ1n) is 9.24. The van der Waals surface area contributed by atoms with Crippen molar-refractivity contribution in [2.75, 3.05) is 26.2 Å². The first-order valence-corrected chi connectivity index (χ1v) is 9.24. The molecule has 1 aliphatic heterocycles. The number of hydrogen-bond acceptors (Lipinski definition) is 5. The first-order chi connectivity index (χ1) is 12.8. The number of rotatable bonds is 7. The van der Waals surface area contributed by atoms with Crippen LogP contribution in [-0.2, 0) is 6.61 Å². The molecule has 28 heavy (non-hydrogen) atoms. The van der Waals surface area contributed by atoms with Gasteiger partial charge in [0.1, 0.15) is 6.61 Å². The standard InChI is InChI=1S/C20H26N4O2.2ClH/c1-2-21-14-16-7-12-24(13-8-16)20(25)19-18(4-3-9-23-19)26-15-17-5-10-22-11-6-17;;/h3-6,9-11,16,21H,2,7-8,12-15H2,1H3;2*1H. The van der Waals surface area contributed by atoms with Crippen molar-refractivity contribution >= 4 is 30.7 Å². The van der Waals surface area contributed by atoms with Crippen molar-refractivity contribution in [3.63, 3.8) is 0 Å². The summed E-state index contributed by atoms with van der Waals surface area (Å²) < 4.78 is 5.86. The van der Waals surface area contributed by atoms with Gasteiger partial charge in [-0.05, 0) is 61.7 Å².